The highest BCUT2D eigenvalue weighted by Crippen LogP contribution is 2.21. The third-order valence-corrected chi connectivity index (χ3v) is 5.44. The minimum Gasteiger partial charge on any atom is -0.466 e. The summed E-state index contributed by atoms with van der Waals surface area (Å²) in [5.74, 6) is -0.184. The number of rotatable bonds is 5. The highest BCUT2D eigenvalue weighted by Gasteiger charge is 2.27. The molecule has 1 aliphatic rings. The molecule has 8 heteroatoms. The number of benzene rings is 1. The minimum atomic E-state index is -0.111. The molecule has 0 amide bonds. The van der Waals surface area contributed by atoms with E-state index in [-0.39, 0.29) is 11.9 Å². The van der Waals surface area contributed by atoms with E-state index in [9.17, 15) is 4.79 Å². The molecule has 1 aromatic heterocycles. The Balaban J connectivity index is 1.73. The Hall–Kier alpha value is -1.70. The fourth-order valence-corrected chi connectivity index (χ4v) is 3.60. The number of ether oxygens (including phenoxy) is 1. The summed E-state index contributed by atoms with van der Waals surface area (Å²) in [6.45, 7) is 6.36. The van der Waals surface area contributed by atoms with Gasteiger partial charge in [-0.05, 0) is 63.1 Å². The van der Waals surface area contributed by atoms with E-state index in [0.29, 0.717) is 29.6 Å². The second-order valence-electron chi connectivity index (χ2n) is 6.53. The van der Waals surface area contributed by atoms with Crippen molar-refractivity contribution in [1.82, 2.24) is 19.2 Å². The predicted octanol–water partition coefficient (Wildman–Crippen LogP) is 3.60. The smallest absolute Gasteiger partial charge is 0.310 e. The van der Waals surface area contributed by atoms with Crippen molar-refractivity contribution in [3.05, 3.63) is 39.9 Å². The molecule has 2 aromatic rings. The molecule has 1 atom stereocenters. The summed E-state index contributed by atoms with van der Waals surface area (Å²) in [6.07, 6.45) is 3.54. The Bertz CT molecular complexity index is 848. The van der Waals surface area contributed by atoms with E-state index in [4.69, 9.17) is 28.6 Å². The quantitative estimate of drug-likeness (QED) is 0.573. The van der Waals surface area contributed by atoms with Gasteiger partial charge in [-0.1, -0.05) is 17.7 Å². The molecule has 3 rings (SSSR count). The summed E-state index contributed by atoms with van der Waals surface area (Å²) >= 11 is 11.8. The number of nitrogens with zero attached hydrogens (tertiary/aromatic N) is 4. The summed E-state index contributed by atoms with van der Waals surface area (Å²) < 4.78 is 9.38. The number of likely N-dealkylation sites (tertiary alicyclic amines) is 1. The molecule has 1 fully saturated rings. The molecule has 1 aromatic carbocycles. The van der Waals surface area contributed by atoms with E-state index in [0.717, 1.165) is 30.6 Å². The van der Waals surface area contributed by atoms with Crippen LogP contribution < -0.4 is 0 Å². The van der Waals surface area contributed by atoms with E-state index in [2.05, 4.69) is 10.00 Å². The van der Waals surface area contributed by atoms with Gasteiger partial charge in [-0.15, -0.1) is 0 Å². The maximum Gasteiger partial charge on any atom is 0.310 e. The van der Waals surface area contributed by atoms with E-state index in [1.165, 1.54) is 0 Å². The molecule has 26 heavy (non-hydrogen) atoms. The molecule has 6 nitrogen and oxygen atoms in total. The molecule has 0 N–H and O–H groups in total. The molecule has 0 saturated carbocycles. The number of aryl methyl sites for hydroxylation is 1. The van der Waals surface area contributed by atoms with Gasteiger partial charge in [0.25, 0.3) is 0 Å². The van der Waals surface area contributed by atoms with Crippen LogP contribution in [0.2, 0.25) is 5.02 Å². The van der Waals surface area contributed by atoms with Gasteiger partial charge in [0, 0.05) is 11.6 Å². The van der Waals surface area contributed by atoms with Gasteiger partial charge in [-0.3, -0.25) is 14.3 Å². The van der Waals surface area contributed by atoms with Crippen molar-refractivity contribution in [1.29, 1.82) is 0 Å². The number of carbonyl (C=O) groups excluding carboxylic acids is 1. The molecule has 0 unspecified atom stereocenters. The Morgan fingerprint density at radius 3 is 3.00 bits per heavy atom. The summed E-state index contributed by atoms with van der Waals surface area (Å²) in [6, 6.07) is 5.82. The van der Waals surface area contributed by atoms with Gasteiger partial charge < -0.3 is 4.74 Å². The maximum atomic E-state index is 12.0. The van der Waals surface area contributed by atoms with Gasteiger partial charge in [0.2, 0.25) is 4.77 Å². The third-order valence-electron chi connectivity index (χ3n) is 4.63. The van der Waals surface area contributed by atoms with E-state index in [1.54, 1.807) is 11.0 Å². The second-order valence-corrected chi connectivity index (χ2v) is 7.30. The van der Waals surface area contributed by atoms with Gasteiger partial charge >= 0.3 is 5.97 Å². The lowest BCUT2D eigenvalue weighted by Crippen LogP contribution is -2.40. The summed E-state index contributed by atoms with van der Waals surface area (Å²) in [5, 5.41) is 5.12. The number of esters is 1. The molecule has 1 saturated heterocycles. The van der Waals surface area contributed by atoms with Crippen LogP contribution in [-0.2, 0) is 16.2 Å². The zero-order valence-corrected chi connectivity index (χ0v) is 16.6. The first kappa shape index (κ1) is 19.1. The zero-order valence-electron chi connectivity index (χ0n) is 15.0. The Morgan fingerprint density at radius 1 is 1.46 bits per heavy atom. The van der Waals surface area contributed by atoms with E-state index >= 15 is 0 Å². The first-order valence-corrected chi connectivity index (χ1v) is 9.58. The largest absolute Gasteiger partial charge is 0.466 e. The molecular formula is C18H23ClN4O2S. The van der Waals surface area contributed by atoms with Gasteiger partial charge in [-0.25, -0.2) is 4.68 Å². The number of aromatic nitrogens is 3. The normalized spacial score (nSPS) is 18.0. The second kappa shape index (κ2) is 8.33. The summed E-state index contributed by atoms with van der Waals surface area (Å²) in [4.78, 5) is 14.2. The van der Waals surface area contributed by atoms with Crippen molar-refractivity contribution in [3.8, 4) is 5.69 Å². The zero-order chi connectivity index (χ0) is 18.7. The molecular weight excluding hydrogens is 372 g/mol. The standard InChI is InChI=1S/C18H23ClN4O2S/c1-3-25-17(24)14-5-4-8-21(10-14)12-23-18(26)22(11-20-23)15-7-6-13(2)16(19)9-15/h6-7,9,11,14H,3-5,8,10,12H2,1-2H3/t14-/m1/s1. The van der Waals surface area contributed by atoms with Crippen molar-refractivity contribution in [2.75, 3.05) is 19.7 Å². The van der Waals surface area contributed by atoms with E-state index in [1.807, 2.05) is 36.6 Å². The monoisotopic (exact) mass is 394 g/mol. The lowest BCUT2D eigenvalue weighted by Gasteiger charge is -2.31. The molecule has 0 bridgehead atoms. The van der Waals surface area contributed by atoms with Crippen molar-refractivity contribution < 1.29 is 9.53 Å². The maximum absolute atomic E-state index is 12.0. The van der Waals surface area contributed by atoms with Crippen LogP contribution in [0.5, 0.6) is 0 Å². The van der Waals surface area contributed by atoms with Gasteiger partial charge in [0.05, 0.1) is 24.9 Å². The van der Waals surface area contributed by atoms with Crippen molar-refractivity contribution in [3.63, 3.8) is 0 Å². The predicted molar refractivity (Wildman–Crippen MR) is 103 cm³/mol. The Kier molecular flexibility index (Phi) is 6.11. The van der Waals surface area contributed by atoms with Crippen LogP contribution in [0.15, 0.2) is 24.5 Å². The fourth-order valence-electron chi connectivity index (χ4n) is 3.17. The third kappa shape index (κ3) is 4.16. The van der Waals surface area contributed by atoms with Crippen LogP contribution in [-0.4, -0.2) is 44.9 Å². The Labute approximate surface area is 163 Å². The first-order valence-electron chi connectivity index (χ1n) is 8.79. The number of hydrogen-bond donors (Lipinski definition) is 0. The summed E-state index contributed by atoms with van der Waals surface area (Å²) in [5.41, 5.74) is 1.91. The number of carbonyl (C=O) groups is 1. The topological polar surface area (TPSA) is 52.3 Å². The van der Waals surface area contributed by atoms with Crippen LogP contribution in [0.25, 0.3) is 5.69 Å². The first-order chi connectivity index (χ1) is 12.5. The molecule has 0 aliphatic carbocycles. The number of hydrogen-bond acceptors (Lipinski definition) is 5. The average molecular weight is 395 g/mol. The van der Waals surface area contributed by atoms with Crippen LogP contribution in [0.1, 0.15) is 25.3 Å². The lowest BCUT2D eigenvalue weighted by atomic mass is 9.99. The van der Waals surface area contributed by atoms with Gasteiger partial charge in [0.15, 0.2) is 0 Å². The van der Waals surface area contributed by atoms with Crippen molar-refractivity contribution >= 4 is 29.8 Å². The van der Waals surface area contributed by atoms with Crippen LogP contribution in [0.4, 0.5) is 0 Å². The van der Waals surface area contributed by atoms with Crippen LogP contribution in [0.3, 0.4) is 0 Å². The molecule has 2 heterocycles. The molecule has 0 spiro atoms. The molecule has 0 radical (unpaired) electrons. The van der Waals surface area contributed by atoms with Crippen molar-refractivity contribution in [2.24, 2.45) is 5.92 Å². The van der Waals surface area contributed by atoms with Crippen LogP contribution >= 0.6 is 23.8 Å². The highest BCUT2D eigenvalue weighted by atomic mass is 35.5. The van der Waals surface area contributed by atoms with Gasteiger partial charge in [0.1, 0.15) is 6.33 Å². The van der Waals surface area contributed by atoms with Crippen LogP contribution in [0, 0.1) is 17.6 Å². The van der Waals surface area contributed by atoms with Gasteiger partial charge in [-0.2, -0.15) is 5.10 Å². The van der Waals surface area contributed by atoms with E-state index < -0.39 is 0 Å². The lowest BCUT2D eigenvalue weighted by molar-refractivity contribution is -0.150. The van der Waals surface area contributed by atoms with Crippen molar-refractivity contribution in [2.45, 2.75) is 33.4 Å². The Morgan fingerprint density at radius 2 is 2.27 bits per heavy atom. The number of piperidine rings is 1. The highest BCUT2D eigenvalue weighted by molar-refractivity contribution is 7.71. The SMILES string of the molecule is CCOC(=O)[C@@H]1CCCN(Cn2ncn(-c3ccc(C)c(Cl)c3)c2=S)C1. The summed E-state index contributed by atoms with van der Waals surface area (Å²) in [7, 11) is 0. The molecule has 140 valence electrons. The number of halogens is 1. The average Bonchev–Trinajstić information content (AvgIpc) is 2.98. The fraction of sp³-hybridized carbons (Fsp3) is 0.500. The molecule has 1 aliphatic heterocycles. The minimum absolute atomic E-state index is 0.0733.